The highest BCUT2D eigenvalue weighted by molar-refractivity contribution is 7.18. The second-order valence-corrected chi connectivity index (χ2v) is 7.73. The molecule has 6 heteroatoms. The van der Waals surface area contributed by atoms with Gasteiger partial charge in [-0.3, -0.25) is 4.90 Å². The van der Waals surface area contributed by atoms with Crippen LogP contribution in [0.4, 0.5) is 4.79 Å². The Kier molecular flexibility index (Phi) is 3.73. The van der Waals surface area contributed by atoms with Crippen molar-refractivity contribution in [2.75, 3.05) is 26.7 Å². The number of rotatable bonds is 2. The van der Waals surface area contributed by atoms with Gasteiger partial charge in [0.05, 0.1) is 23.3 Å². The van der Waals surface area contributed by atoms with Gasteiger partial charge in [0, 0.05) is 20.0 Å². The first-order chi connectivity index (χ1) is 11.1. The molecule has 1 aromatic carbocycles. The molecule has 0 N–H and O–H groups in total. The van der Waals surface area contributed by atoms with Crippen molar-refractivity contribution in [2.24, 2.45) is 0 Å². The highest BCUT2D eigenvalue weighted by Gasteiger charge is 2.44. The summed E-state index contributed by atoms with van der Waals surface area (Å²) in [6, 6.07) is 8.29. The summed E-state index contributed by atoms with van der Waals surface area (Å²) in [5.74, 6) is 0. The van der Waals surface area contributed by atoms with Crippen LogP contribution in [-0.4, -0.2) is 53.2 Å². The number of benzene rings is 1. The van der Waals surface area contributed by atoms with Gasteiger partial charge >= 0.3 is 6.09 Å². The summed E-state index contributed by atoms with van der Waals surface area (Å²) in [5, 5.41) is 1.17. The van der Waals surface area contributed by atoms with Crippen LogP contribution < -0.4 is 0 Å². The maximum atomic E-state index is 11.7. The lowest BCUT2D eigenvalue weighted by Crippen LogP contribution is -2.35. The van der Waals surface area contributed by atoms with E-state index in [1.807, 2.05) is 13.1 Å². The summed E-state index contributed by atoms with van der Waals surface area (Å²) in [7, 11) is 1.82. The molecule has 0 radical (unpaired) electrons. The van der Waals surface area contributed by atoms with Crippen LogP contribution in [-0.2, 0) is 11.3 Å². The normalized spacial score (nSPS) is 26.0. The topological polar surface area (TPSA) is 45.7 Å². The van der Waals surface area contributed by atoms with Crippen LogP contribution >= 0.6 is 11.3 Å². The maximum absolute atomic E-state index is 11.7. The zero-order valence-corrected chi connectivity index (χ0v) is 14.1. The molecule has 23 heavy (non-hydrogen) atoms. The number of amides is 1. The van der Waals surface area contributed by atoms with Gasteiger partial charge < -0.3 is 9.64 Å². The number of likely N-dealkylation sites (N-methyl/N-ethyl adjacent to an activating group) is 1. The quantitative estimate of drug-likeness (QED) is 0.848. The van der Waals surface area contributed by atoms with E-state index in [9.17, 15) is 4.79 Å². The summed E-state index contributed by atoms with van der Waals surface area (Å²) in [4.78, 5) is 20.6. The Balaban J connectivity index is 1.44. The zero-order valence-electron chi connectivity index (χ0n) is 13.3. The first-order valence-corrected chi connectivity index (χ1v) is 8.96. The van der Waals surface area contributed by atoms with E-state index in [1.165, 1.54) is 9.71 Å². The first kappa shape index (κ1) is 14.9. The van der Waals surface area contributed by atoms with Gasteiger partial charge in [-0.1, -0.05) is 12.1 Å². The van der Waals surface area contributed by atoms with Crippen molar-refractivity contribution in [3.63, 3.8) is 0 Å². The fraction of sp³-hybridized carbons (Fsp3) is 0.529. The number of hydrogen-bond donors (Lipinski definition) is 0. The van der Waals surface area contributed by atoms with Crippen LogP contribution in [0.25, 0.3) is 10.2 Å². The second kappa shape index (κ2) is 5.76. The minimum Gasteiger partial charge on any atom is -0.441 e. The molecule has 0 saturated carbocycles. The highest BCUT2D eigenvalue weighted by Crippen LogP contribution is 2.33. The molecule has 2 aliphatic heterocycles. The van der Waals surface area contributed by atoms with Gasteiger partial charge in [-0.05, 0) is 31.5 Å². The van der Waals surface area contributed by atoms with E-state index in [4.69, 9.17) is 9.72 Å². The lowest BCUT2D eigenvalue weighted by molar-refractivity contribution is 0.0443. The fourth-order valence-electron chi connectivity index (χ4n) is 3.61. The molecule has 4 rings (SSSR count). The lowest BCUT2D eigenvalue weighted by Gasteiger charge is -2.25. The number of thiazole rings is 1. The summed E-state index contributed by atoms with van der Waals surface area (Å²) < 4.78 is 6.93. The van der Waals surface area contributed by atoms with Gasteiger partial charge in [0.15, 0.2) is 0 Å². The van der Waals surface area contributed by atoms with Gasteiger partial charge in [0.2, 0.25) is 0 Å². The van der Waals surface area contributed by atoms with E-state index in [1.54, 1.807) is 16.2 Å². The third-order valence-corrected chi connectivity index (χ3v) is 5.85. The predicted octanol–water partition coefficient (Wildman–Crippen LogP) is 3.10. The molecule has 2 aromatic rings. The average molecular weight is 331 g/mol. The summed E-state index contributed by atoms with van der Waals surface area (Å²) >= 11 is 1.78. The smallest absolute Gasteiger partial charge is 0.410 e. The average Bonchev–Trinajstić information content (AvgIpc) is 2.99. The highest BCUT2D eigenvalue weighted by atomic mass is 32.1. The van der Waals surface area contributed by atoms with Crippen molar-refractivity contribution in [3.8, 4) is 0 Å². The zero-order chi connectivity index (χ0) is 15.9. The lowest BCUT2D eigenvalue weighted by atomic mass is 9.95. The summed E-state index contributed by atoms with van der Waals surface area (Å²) in [6.07, 6.45) is 2.75. The predicted molar refractivity (Wildman–Crippen MR) is 90.6 cm³/mol. The molecule has 1 unspecified atom stereocenters. The van der Waals surface area contributed by atoms with Crippen molar-refractivity contribution < 1.29 is 9.53 Å². The first-order valence-electron chi connectivity index (χ1n) is 8.15. The molecule has 5 nitrogen and oxygen atoms in total. The van der Waals surface area contributed by atoms with Crippen molar-refractivity contribution in [2.45, 2.75) is 31.4 Å². The SMILES string of the molecule is CN1CC2(CCCN(Cc3nc4ccccc4s3)CC2)OC1=O. The largest absolute Gasteiger partial charge is 0.441 e. The van der Waals surface area contributed by atoms with E-state index in [0.29, 0.717) is 0 Å². The Morgan fingerprint density at radius 2 is 2.17 bits per heavy atom. The number of hydrogen-bond acceptors (Lipinski definition) is 5. The molecule has 2 saturated heterocycles. The van der Waals surface area contributed by atoms with E-state index in [-0.39, 0.29) is 11.7 Å². The number of fused-ring (bicyclic) bond motifs is 1. The van der Waals surface area contributed by atoms with E-state index in [0.717, 1.165) is 51.0 Å². The van der Waals surface area contributed by atoms with Gasteiger partial charge in [0.1, 0.15) is 10.6 Å². The molecule has 1 amide bonds. The van der Waals surface area contributed by atoms with Crippen LogP contribution in [0.2, 0.25) is 0 Å². The Hall–Kier alpha value is -1.66. The van der Waals surface area contributed by atoms with Gasteiger partial charge in [-0.25, -0.2) is 9.78 Å². The van der Waals surface area contributed by atoms with Crippen molar-refractivity contribution >= 4 is 27.6 Å². The van der Waals surface area contributed by atoms with Gasteiger partial charge in [-0.2, -0.15) is 0 Å². The maximum Gasteiger partial charge on any atom is 0.410 e. The second-order valence-electron chi connectivity index (χ2n) is 6.61. The van der Waals surface area contributed by atoms with Crippen molar-refractivity contribution in [3.05, 3.63) is 29.3 Å². The summed E-state index contributed by atoms with van der Waals surface area (Å²) in [6.45, 7) is 3.61. The Bertz CT molecular complexity index is 698. The van der Waals surface area contributed by atoms with Crippen LogP contribution in [0.3, 0.4) is 0 Å². The fourth-order valence-corrected chi connectivity index (χ4v) is 4.62. The van der Waals surface area contributed by atoms with E-state index < -0.39 is 0 Å². The molecule has 0 aliphatic carbocycles. The monoisotopic (exact) mass is 331 g/mol. The number of likely N-dealkylation sites (tertiary alicyclic amines) is 1. The Labute approximate surface area is 139 Å². The third-order valence-electron chi connectivity index (χ3n) is 4.83. The van der Waals surface area contributed by atoms with E-state index in [2.05, 4.69) is 23.1 Å². The molecule has 1 spiro atoms. The van der Waals surface area contributed by atoms with Crippen LogP contribution in [0.1, 0.15) is 24.3 Å². The summed E-state index contributed by atoms with van der Waals surface area (Å²) in [5.41, 5.74) is 0.818. The van der Waals surface area contributed by atoms with Crippen molar-refractivity contribution in [1.29, 1.82) is 0 Å². The van der Waals surface area contributed by atoms with Crippen molar-refractivity contribution in [1.82, 2.24) is 14.8 Å². The molecule has 1 atom stereocenters. The number of carbonyl (C=O) groups is 1. The number of carbonyl (C=O) groups excluding carboxylic acids is 1. The molecule has 3 heterocycles. The molecule has 0 bridgehead atoms. The molecule has 2 fully saturated rings. The van der Waals surface area contributed by atoms with Crippen LogP contribution in [0.15, 0.2) is 24.3 Å². The number of ether oxygens (including phenoxy) is 1. The van der Waals surface area contributed by atoms with E-state index >= 15 is 0 Å². The number of aromatic nitrogens is 1. The van der Waals surface area contributed by atoms with Gasteiger partial charge in [0.25, 0.3) is 0 Å². The van der Waals surface area contributed by atoms with Gasteiger partial charge in [-0.15, -0.1) is 11.3 Å². The number of nitrogens with zero attached hydrogens (tertiary/aromatic N) is 3. The Morgan fingerprint density at radius 3 is 2.96 bits per heavy atom. The standard InChI is InChI=1S/C17H21N3O2S/c1-19-12-17(22-16(19)21)7-4-9-20(10-8-17)11-15-18-13-5-2-3-6-14(13)23-15/h2-3,5-6H,4,7-12H2,1H3. The number of para-hydroxylation sites is 1. The van der Waals surface area contributed by atoms with Crippen LogP contribution in [0, 0.1) is 0 Å². The van der Waals surface area contributed by atoms with Crippen LogP contribution in [0.5, 0.6) is 0 Å². The molecule has 122 valence electrons. The Morgan fingerprint density at radius 1 is 1.30 bits per heavy atom. The molecule has 1 aromatic heterocycles. The third kappa shape index (κ3) is 2.93. The molecule has 2 aliphatic rings. The minimum absolute atomic E-state index is 0.176. The molecular formula is C17H21N3O2S. The minimum atomic E-state index is -0.270. The molecular weight excluding hydrogens is 310 g/mol.